The van der Waals surface area contributed by atoms with Crippen LogP contribution in [0.4, 0.5) is 0 Å². The van der Waals surface area contributed by atoms with Crippen LogP contribution in [-0.2, 0) is 11.2 Å². The molecule has 0 radical (unpaired) electrons. The molecule has 3 rings (SSSR count). The number of hydrogen-bond donors (Lipinski definition) is 1. The highest BCUT2D eigenvalue weighted by molar-refractivity contribution is 5.70. The molecule has 7 nitrogen and oxygen atoms in total. The number of fused-ring (bicyclic) bond motifs is 1. The maximum atomic E-state index is 11.1. The van der Waals surface area contributed by atoms with Crippen molar-refractivity contribution >= 4 is 5.97 Å². The summed E-state index contributed by atoms with van der Waals surface area (Å²) in [5, 5.41) is 20.8. The number of tetrazole rings is 1. The minimum absolute atomic E-state index is 0.277. The second kappa shape index (κ2) is 5.16. The molecule has 3 unspecified atom stereocenters. The number of rotatable bonds is 4. The highest BCUT2D eigenvalue weighted by Crippen LogP contribution is 2.36. The Balaban J connectivity index is 1.86. The van der Waals surface area contributed by atoms with Crippen LogP contribution < -0.4 is 4.74 Å². The van der Waals surface area contributed by atoms with E-state index in [1.807, 2.05) is 24.3 Å². The second-order valence-corrected chi connectivity index (χ2v) is 5.27. The summed E-state index contributed by atoms with van der Waals surface area (Å²) in [6.07, 6.45) is 0.408. The fraction of sp³-hybridized carbons (Fsp3) is 0.429. The Morgan fingerprint density at radius 1 is 1.43 bits per heavy atom. The van der Waals surface area contributed by atoms with Gasteiger partial charge >= 0.3 is 5.97 Å². The molecule has 0 saturated heterocycles. The summed E-state index contributed by atoms with van der Waals surface area (Å²) < 4.78 is 7.42. The van der Waals surface area contributed by atoms with Crippen molar-refractivity contribution in [1.29, 1.82) is 0 Å². The van der Waals surface area contributed by atoms with Gasteiger partial charge in [0.05, 0.1) is 12.0 Å². The number of nitrogens with zero attached hydrogens (tertiary/aromatic N) is 4. The van der Waals surface area contributed by atoms with E-state index in [1.54, 1.807) is 18.5 Å². The first-order chi connectivity index (χ1) is 10.1. The van der Waals surface area contributed by atoms with E-state index in [0.717, 1.165) is 11.3 Å². The van der Waals surface area contributed by atoms with Crippen LogP contribution in [0.2, 0.25) is 0 Å². The lowest BCUT2D eigenvalue weighted by atomic mass is 10.0. The summed E-state index contributed by atoms with van der Waals surface area (Å²) in [6.45, 7) is 3.43. The number of aromatic nitrogens is 4. The molecule has 1 aromatic carbocycles. The lowest BCUT2D eigenvalue weighted by Gasteiger charge is -2.19. The van der Waals surface area contributed by atoms with Crippen molar-refractivity contribution in [2.75, 3.05) is 0 Å². The van der Waals surface area contributed by atoms with Crippen LogP contribution in [0.15, 0.2) is 24.3 Å². The van der Waals surface area contributed by atoms with Gasteiger partial charge in [0.1, 0.15) is 5.75 Å². The van der Waals surface area contributed by atoms with E-state index in [9.17, 15) is 4.79 Å². The zero-order chi connectivity index (χ0) is 15.0. The molecule has 2 heterocycles. The number of carbonyl (C=O) groups is 1. The predicted molar refractivity (Wildman–Crippen MR) is 72.8 cm³/mol. The van der Waals surface area contributed by atoms with Gasteiger partial charge in [-0.1, -0.05) is 18.2 Å². The molecule has 0 aliphatic carbocycles. The predicted octanol–water partition coefficient (Wildman–Crippen LogP) is 1.63. The lowest BCUT2D eigenvalue weighted by molar-refractivity contribution is -0.142. The Hall–Kier alpha value is -2.44. The lowest BCUT2D eigenvalue weighted by Crippen LogP contribution is -2.25. The molecular formula is C14H16N4O3. The molecule has 1 aliphatic rings. The van der Waals surface area contributed by atoms with Gasteiger partial charge in [-0.15, -0.1) is 5.10 Å². The van der Waals surface area contributed by atoms with Gasteiger partial charge in [0.25, 0.3) is 0 Å². The van der Waals surface area contributed by atoms with Crippen molar-refractivity contribution in [3.63, 3.8) is 0 Å². The average molecular weight is 288 g/mol. The summed E-state index contributed by atoms with van der Waals surface area (Å²) >= 11 is 0. The highest BCUT2D eigenvalue weighted by atomic mass is 16.5. The van der Waals surface area contributed by atoms with Crippen molar-refractivity contribution in [3.05, 3.63) is 35.7 Å². The molecule has 0 fully saturated rings. The molecule has 0 bridgehead atoms. The summed E-state index contributed by atoms with van der Waals surface area (Å²) in [4.78, 5) is 11.1. The van der Waals surface area contributed by atoms with Gasteiger partial charge in [-0.3, -0.25) is 4.79 Å². The number of ether oxygens (including phenoxy) is 1. The van der Waals surface area contributed by atoms with E-state index in [0.29, 0.717) is 12.2 Å². The zero-order valence-electron chi connectivity index (χ0n) is 11.8. The normalized spacial score (nSPS) is 19.6. The van der Waals surface area contributed by atoms with Gasteiger partial charge in [-0.2, -0.15) is 0 Å². The fourth-order valence-electron chi connectivity index (χ4n) is 2.45. The molecule has 7 heteroatoms. The molecule has 0 saturated carbocycles. The fourth-order valence-corrected chi connectivity index (χ4v) is 2.45. The number of carboxylic acid groups (broad SMARTS) is 1. The minimum Gasteiger partial charge on any atom is -0.482 e. The van der Waals surface area contributed by atoms with Crippen LogP contribution in [0.3, 0.4) is 0 Å². The summed E-state index contributed by atoms with van der Waals surface area (Å²) in [5.41, 5.74) is 1.11. The maximum Gasteiger partial charge on any atom is 0.308 e. The highest BCUT2D eigenvalue weighted by Gasteiger charge is 2.32. The summed E-state index contributed by atoms with van der Waals surface area (Å²) in [5.74, 6) is -0.0709. The Labute approximate surface area is 121 Å². The van der Waals surface area contributed by atoms with Gasteiger partial charge in [-0.05, 0) is 35.9 Å². The maximum absolute atomic E-state index is 11.1. The van der Waals surface area contributed by atoms with Crippen LogP contribution in [-0.4, -0.2) is 31.3 Å². The Kier molecular flexibility index (Phi) is 3.32. The van der Waals surface area contributed by atoms with Crippen LogP contribution in [0.25, 0.3) is 0 Å². The number of para-hydroxylation sites is 1. The Bertz CT molecular complexity index is 645. The number of aliphatic carboxylic acids is 1. The number of benzene rings is 1. The SMILES string of the molecule is CC(C(=O)O)C(C)n1nnnc1C1Cc2ccccc2O1. The third kappa shape index (κ3) is 2.35. The molecule has 2 aromatic rings. The van der Waals surface area contributed by atoms with E-state index in [1.165, 1.54) is 0 Å². The third-order valence-corrected chi connectivity index (χ3v) is 3.95. The topological polar surface area (TPSA) is 90.1 Å². The van der Waals surface area contributed by atoms with Crippen LogP contribution in [0.5, 0.6) is 5.75 Å². The molecule has 1 aromatic heterocycles. The molecule has 1 N–H and O–H groups in total. The average Bonchev–Trinajstić information content (AvgIpc) is 3.11. The monoisotopic (exact) mass is 288 g/mol. The van der Waals surface area contributed by atoms with Crippen LogP contribution in [0, 0.1) is 5.92 Å². The standard InChI is InChI=1S/C14H16N4O3/c1-8(14(19)20)9(2)18-13(15-16-17-18)12-7-10-5-3-4-6-11(10)21-12/h3-6,8-9,12H,7H2,1-2H3,(H,19,20). The third-order valence-electron chi connectivity index (χ3n) is 3.95. The zero-order valence-corrected chi connectivity index (χ0v) is 11.8. The summed E-state index contributed by atoms with van der Waals surface area (Å²) in [6, 6.07) is 7.45. The van der Waals surface area contributed by atoms with E-state index < -0.39 is 11.9 Å². The first kappa shape index (κ1) is 13.5. The molecule has 21 heavy (non-hydrogen) atoms. The largest absolute Gasteiger partial charge is 0.482 e. The molecular weight excluding hydrogens is 272 g/mol. The first-order valence-electron chi connectivity index (χ1n) is 6.83. The molecule has 110 valence electrons. The molecule has 1 aliphatic heterocycles. The van der Waals surface area contributed by atoms with E-state index in [2.05, 4.69) is 15.5 Å². The minimum atomic E-state index is -0.875. The van der Waals surface area contributed by atoms with Gasteiger partial charge in [0.15, 0.2) is 11.9 Å². The van der Waals surface area contributed by atoms with Crippen molar-refractivity contribution in [3.8, 4) is 5.75 Å². The Morgan fingerprint density at radius 2 is 2.19 bits per heavy atom. The van der Waals surface area contributed by atoms with Gasteiger partial charge in [-0.25, -0.2) is 4.68 Å². The van der Waals surface area contributed by atoms with E-state index in [4.69, 9.17) is 9.84 Å². The first-order valence-corrected chi connectivity index (χ1v) is 6.83. The number of hydrogen-bond acceptors (Lipinski definition) is 5. The smallest absolute Gasteiger partial charge is 0.308 e. The van der Waals surface area contributed by atoms with Gasteiger partial charge in [0, 0.05) is 6.42 Å². The van der Waals surface area contributed by atoms with Crippen molar-refractivity contribution in [2.24, 2.45) is 5.92 Å². The van der Waals surface area contributed by atoms with Crippen molar-refractivity contribution in [2.45, 2.75) is 32.4 Å². The van der Waals surface area contributed by atoms with Crippen molar-refractivity contribution in [1.82, 2.24) is 20.2 Å². The van der Waals surface area contributed by atoms with E-state index >= 15 is 0 Å². The second-order valence-electron chi connectivity index (χ2n) is 5.27. The van der Waals surface area contributed by atoms with Crippen molar-refractivity contribution < 1.29 is 14.6 Å². The molecule has 0 spiro atoms. The summed E-state index contributed by atoms with van der Waals surface area (Å²) in [7, 11) is 0. The quantitative estimate of drug-likeness (QED) is 0.919. The molecule has 0 amide bonds. The van der Waals surface area contributed by atoms with Crippen LogP contribution >= 0.6 is 0 Å². The molecule has 3 atom stereocenters. The van der Waals surface area contributed by atoms with Crippen LogP contribution in [0.1, 0.15) is 37.4 Å². The Morgan fingerprint density at radius 3 is 2.90 bits per heavy atom. The van der Waals surface area contributed by atoms with Gasteiger partial charge in [0.2, 0.25) is 0 Å². The van der Waals surface area contributed by atoms with E-state index in [-0.39, 0.29) is 12.1 Å². The number of carboxylic acids is 1. The van der Waals surface area contributed by atoms with Gasteiger partial charge < -0.3 is 9.84 Å².